The van der Waals surface area contributed by atoms with Crippen molar-refractivity contribution in [3.05, 3.63) is 42.1 Å². The second-order valence-corrected chi connectivity index (χ2v) is 4.79. The zero-order chi connectivity index (χ0) is 13.0. The second kappa shape index (κ2) is 5.87. The summed E-state index contributed by atoms with van der Waals surface area (Å²) in [6.07, 6.45) is 5.60. The topological polar surface area (TPSA) is 43.0 Å². The molecule has 0 radical (unpaired) electrons. The van der Waals surface area contributed by atoms with Crippen LogP contribution in [0.15, 0.2) is 35.1 Å². The van der Waals surface area contributed by atoms with Gasteiger partial charge in [0, 0.05) is 31.7 Å². The lowest BCUT2D eigenvalue weighted by Crippen LogP contribution is -2.30. The molecule has 98 valence electrons. The molecule has 2 rings (SSSR count). The molecule has 18 heavy (non-hydrogen) atoms. The van der Waals surface area contributed by atoms with Gasteiger partial charge in [-0.1, -0.05) is 0 Å². The minimum Gasteiger partial charge on any atom is -0.469 e. The number of nitrogens with one attached hydrogen (secondary N) is 1. The number of hydrogen-bond donors (Lipinski definition) is 1. The molecule has 1 N–H and O–H groups in total. The van der Waals surface area contributed by atoms with Gasteiger partial charge in [0.2, 0.25) is 0 Å². The first-order valence-electron chi connectivity index (χ1n) is 6.43. The summed E-state index contributed by atoms with van der Waals surface area (Å²) >= 11 is 0. The summed E-state index contributed by atoms with van der Waals surface area (Å²) < 4.78 is 7.25. The van der Waals surface area contributed by atoms with Crippen LogP contribution in [-0.4, -0.2) is 15.8 Å². The quantitative estimate of drug-likeness (QED) is 0.853. The fraction of sp³-hybridized carbons (Fsp3) is 0.500. The molecule has 0 aliphatic heterocycles. The predicted molar refractivity (Wildman–Crippen MR) is 71.2 cm³/mol. The Balaban J connectivity index is 1.80. The van der Waals surface area contributed by atoms with Crippen LogP contribution in [0.4, 0.5) is 0 Å². The second-order valence-electron chi connectivity index (χ2n) is 4.79. The van der Waals surface area contributed by atoms with Gasteiger partial charge in [-0.05, 0) is 38.5 Å². The molecule has 0 aliphatic carbocycles. The Bertz CT molecular complexity index is 461. The van der Waals surface area contributed by atoms with E-state index in [0.717, 1.165) is 18.6 Å². The molecule has 0 aromatic carbocycles. The fourth-order valence-corrected chi connectivity index (χ4v) is 2.22. The predicted octanol–water partition coefficient (Wildman–Crippen LogP) is 2.69. The highest BCUT2D eigenvalue weighted by Gasteiger charge is 2.12. The highest BCUT2D eigenvalue weighted by molar-refractivity contribution is 5.05. The summed E-state index contributed by atoms with van der Waals surface area (Å²) in [4.78, 5) is 0. The van der Waals surface area contributed by atoms with E-state index in [1.807, 2.05) is 30.1 Å². The van der Waals surface area contributed by atoms with Crippen molar-refractivity contribution in [1.82, 2.24) is 15.1 Å². The third kappa shape index (κ3) is 3.23. The van der Waals surface area contributed by atoms with E-state index in [4.69, 9.17) is 4.42 Å². The van der Waals surface area contributed by atoms with E-state index in [-0.39, 0.29) is 0 Å². The molecule has 2 aromatic rings. The molecule has 0 saturated heterocycles. The van der Waals surface area contributed by atoms with Crippen LogP contribution in [0.2, 0.25) is 0 Å². The Morgan fingerprint density at radius 3 is 2.83 bits per heavy atom. The Morgan fingerprint density at radius 2 is 2.22 bits per heavy atom. The van der Waals surface area contributed by atoms with Gasteiger partial charge in [0.05, 0.1) is 12.0 Å². The number of aryl methyl sites for hydroxylation is 2. The lowest BCUT2D eigenvalue weighted by molar-refractivity contribution is 0.419. The molecule has 2 heterocycles. The first-order valence-corrected chi connectivity index (χ1v) is 6.43. The number of aromatic nitrogens is 2. The average Bonchev–Trinajstić information content (AvgIpc) is 2.97. The lowest BCUT2D eigenvalue weighted by atomic mass is 10.1. The van der Waals surface area contributed by atoms with Gasteiger partial charge in [0.25, 0.3) is 0 Å². The number of rotatable bonds is 6. The van der Waals surface area contributed by atoms with Crippen molar-refractivity contribution >= 4 is 0 Å². The largest absolute Gasteiger partial charge is 0.469 e. The zero-order valence-corrected chi connectivity index (χ0v) is 11.3. The zero-order valence-electron chi connectivity index (χ0n) is 11.3. The summed E-state index contributed by atoms with van der Waals surface area (Å²) in [6, 6.07) is 6.77. The van der Waals surface area contributed by atoms with E-state index in [9.17, 15) is 0 Å². The van der Waals surface area contributed by atoms with Gasteiger partial charge in [-0.3, -0.25) is 4.68 Å². The van der Waals surface area contributed by atoms with Gasteiger partial charge in [-0.25, -0.2) is 0 Å². The maximum Gasteiger partial charge on any atom is 0.103 e. The van der Waals surface area contributed by atoms with E-state index in [2.05, 4.69) is 30.3 Å². The minimum absolute atomic E-state index is 0.309. The third-order valence-corrected chi connectivity index (χ3v) is 3.24. The summed E-state index contributed by atoms with van der Waals surface area (Å²) in [5, 5.41) is 7.78. The van der Waals surface area contributed by atoms with Gasteiger partial charge in [0.1, 0.15) is 5.76 Å². The van der Waals surface area contributed by atoms with Gasteiger partial charge in [-0.2, -0.15) is 5.10 Å². The minimum atomic E-state index is 0.309. The van der Waals surface area contributed by atoms with Crippen molar-refractivity contribution in [2.45, 2.75) is 38.8 Å². The van der Waals surface area contributed by atoms with Crippen molar-refractivity contribution < 1.29 is 4.42 Å². The van der Waals surface area contributed by atoms with Crippen LogP contribution in [-0.2, 0) is 13.5 Å². The van der Waals surface area contributed by atoms with E-state index in [1.165, 1.54) is 5.69 Å². The van der Waals surface area contributed by atoms with Gasteiger partial charge >= 0.3 is 0 Å². The summed E-state index contributed by atoms with van der Waals surface area (Å²) in [7, 11) is 1.97. The van der Waals surface area contributed by atoms with Crippen LogP contribution < -0.4 is 5.32 Å². The first kappa shape index (κ1) is 12.9. The molecule has 0 amide bonds. The Hall–Kier alpha value is -1.55. The SMILES string of the molecule is CC(CCc1ccco1)NC(C)c1ccnn1C. The summed E-state index contributed by atoms with van der Waals surface area (Å²) in [5.74, 6) is 1.05. The third-order valence-electron chi connectivity index (χ3n) is 3.24. The number of nitrogens with zero attached hydrogens (tertiary/aromatic N) is 2. The molecule has 2 unspecified atom stereocenters. The van der Waals surface area contributed by atoms with E-state index < -0.39 is 0 Å². The Labute approximate surface area is 108 Å². The van der Waals surface area contributed by atoms with Gasteiger partial charge < -0.3 is 9.73 Å². The van der Waals surface area contributed by atoms with Crippen LogP contribution in [0.25, 0.3) is 0 Å². The highest BCUT2D eigenvalue weighted by Crippen LogP contribution is 2.13. The Kier molecular flexibility index (Phi) is 4.20. The molecule has 0 fully saturated rings. The number of hydrogen-bond acceptors (Lipinski definition) is 3. The number of furan rings is 1. The van der Waals surface area contributed by atoms with Crippen molar-refractivity contribution in [2.75, 3.05) is 0 Å². The van der Waals surface area contributed by atoms with Gasteiger partial charge in [-0.15, -0.1) is 0 Å². The molecule has 0 aliphatic rings. The molecule has 0 spiro atoms. The fourth-order valence-electron chi connectivity index (χ4n) is 2.22. The normalized spacial score (nSPS) is 14.6. The molecular weight excluding hydrogens is 226 g/mol. The first-order chi connectivity index (χ1) is 8.66. The van der Waals surface area contributed by atoms with Crippen LogP contribution in [0, 0.1) is 0 Å². The maximum atomic E-state index is 5.34. The highest BCUT2D eigenvalue weighted by atomic mass is 16.3. The van der Waals surface area contributed by atoms with E-state index in [1.54, 1.807) is 6.26 Å². The van der Waals surface area contributed by atoms with E-state index in [0.29, 0.717) is 12.1 Å². The van der Waals surface area contributed by atoms with Crippen LogP contribution >= 0.6 is 0 Å². The molecular formula is C14H21N3O. The summed E-state index contributed by atoms with van der Waals surface area (Å²) in [5.41, 5.74) is 1.21. The summed E-state index contributed by atoms with van der Waals surface area (Å²) in [6.45, 7) is 4.37. The molecule has 4 heteroatoms. The smallest absolute Gasteiger partial charge is 0.103 e. The van der Waals surface area contributed by atoms with Crippen LogP contribution in [0.5, 0.6) is 0 Å². The Morgan fingerprint density at radius 1 is 1.39 bits per heavy atom. The molecule has 0 saturated carbocycles. The van der Waals surface area contributed by atoms with Crippen molar-refractivity contribution in [2.24, 2.45) is 7.05 Å². The molecule has 2 atom stereocenters. The van der Waals surface area contributed by atoms with Crippen LogP contribution in [0.1, 0.15) is 37.8 Å². The van der Waals surface area contributed by atoms with Crippen molar-refractivity contribution in [3.63, 3.8) is 0 Å². The average molecular weight is 247 g/mol. The van der Waals surface area contributed by atoms with Crippen LogP contribution in [0.3, 0.4) is 0 Å². The van der Waals surface area contributed by atoms with E-state index >= 15 is 0 Å². The maximum absolute atomic E-state index is 5.34. The van der Waals surface area contributed by atoms with Crippen molar-refractivity contribution in [1.29, 1.82) is 0 Å². The van der Waals surface area contributed by atoms with Crippen molar-refractivity contribution in [3.8, 4) is 0 Å². The molecule has 2 aromatic heterocycles. The molecule has 0 bridgehead atoms. The lowest BCUT2D eigenvalue weighted by Gasteiger charge is -2.19. The van der Waals surface area contributed by atoms with Gasteiger partial charge in [0.15, 0.2) is 0 Å². The monoisotopic (exact) mass is 247 g/mol. The standard InChI is InChI=1S/C14H21N3O/c1-11(6-7-13-5-4-10-18-13)16-12(2)14-8-9-15-17(14)3/h4-5,8-12,16H,6-7H2,1-3H3. The molecule has 4 nitrogen and oxygen atoms in total.